The number of aryl methyl sites for hydroxylation is 1. The lowest BCUT2D eigenvalue weighted by atomic mass is 9.62. The number of thiazole rings is 1. The third-order valence-corrected chi connectivity index (χ3v) is 6.55. The highest BCUT2D eigenvalue weighted by Gasteiger charge is 2.54. The van der Waals surface area contributed by atoms with Crippen LogP contribution in [0.15, 0.2) is 18.5 Å². The van der Waals surface area contributed by atoms with E-state index < -0.39 is 11.7 Å². The Balaban J connectivity index is 1.56. The fourth-order valence-electron chi connectivity index (χ4n) is 4.36. The Hall–Kier alpha value is -2.55. The number of nitrogens with one attached hydrogen (secondary N) is 1. The van der Waals surface area contributed by atoms with Crippen LogP contribution in [-0.2, 0) is 4.74 Å². The SMILES string of the molecule is Cc1nc(C(=O)N2CCC3CC2(CNC(=O)OC(C)(C)C)C3)c(-c2ncccn2)s1. The van der Waals surface area contributed by atoms with Gasteiger partial charge in [0.2, 0.25) is 0 Å². The molecule has 160 valence electrons. The van der Waals surface area contributed by atoms with Gasteiger partial charge in [0.05, 0.1) is 10.5 Å². The zero-order chi connectivity index (χ0) is 21.5. The average molecular weight is 430 g/mol. The van der Waals surface area contributed by atoms with Gasteiger partial charge >= 0.3 is 6.09 Å². The average Bonchev–Trinajstić information content (AvgIpc) is 3.06. The van der Waals surface area contributed by atoms with Crippen LogP contribution < -0.4 is 5.32 Å². The van der Waals surface area contributed by atoms with E-state index in [9.17, 15) is 9.59 Å². The summed E-state index contributed by atoms with van der Waals surface area (Å²) < 4.78 is 5.37. The molecule has 2 aromatic heterocycles. The first-order valence-corrected chi connectivity index (χ1v) is 11.0. The number of fused-ring (bicyclic) bond motifs is 2. The van der Waals surface area contributed by atoms with E-state index >= 15 is 0 Å². The van der Waals surface area contributed by atoms with Crippen LogP contribution in [0, 0.1) is 12.8 Å². The first-order valence-electron chi connectivity index (χ1n) is 10.2. The predicted molar refractivity (Wildman–Crippen MR) is 113 cm³/mol. The van der Waals surface area contributed by atoms with E-state index in [1.807, 2.05) is 32.6 Å². The van der Waals surface area contributed by atoms with Gasteiger partial charge in [0.15, 0.2) is 11.5 Å². The fraction of sp³-hybridized carbons (Fsp3) is 0.571. The van der Waals surface area contributed by atoms with Crippen LogP contribution in [0.5, 0.6) is 0 Å². The number of ether oxygens (including phenoxy) is 1. The second-order valence-corrected chi connectivity index (χ2v) is 10.3. The Labute approximate surface area is 180 Å². The van der Waals surface area contributed by atoms with Crippen molar-refractivity contribution in [1.29, 1.82) is 0 Å². The highest BCUT2D eigenvalue weighted by atomic mass is 32.1. The molecule has 0 atom stereocenters. The minimum Gasteiger partial charge on any atom is -0.444 e. The lowest BCUT2D eigenvalue weighted by Crippen LogP contribution is -2.68. The number of hydrogen-bond donors (Lipinski definition) is 1. The summed E-state index contributed by atoms with van der Waals surface area (Å²) in [6.45, 7) is 8.41. The van der Waals surface area contributed by atoms with Crippen LogP contribution >= 0.6 is 11.3 Å². The largest absolute Gasteiger partial charge is 0.444 e. The van der Waals surface area contributed by atoms with Crippen molar-refractivity contribution in [1.82, 2.24) is 25.2 Å². The lowest BCUT2D eigenvalue weighted by Gasteiger charge is -2.59. The maximum absolute atomic E-state index is 13.6. The summed E-state index contributed by atoms with van der Waals surface area (Å²) in [5.74, 6) is 0.991. The molecule has 1 N–H and O–H groups in total. The van der Waals surface area contributed by atoms with Crippen LogP contribution in [0.1, 0.15) is 55.5 Å². The van der Waals surface area contributed by atoms with Gasteiger partial charge in [-0.2, -0.15) is 0 Å². The quantitative estimate of drug-likeness (QED) is 0.800. The Morgan fingerprint density at radius 3 is 2.67 bits per heavy atom. The van der Waals surface area contributed by atoms with E-state index in [1.54, 1.807) is 18.5 Å². The van der Waals surface area contributed by atoms with Crippen LogP contribution in [0.2, 0.25) is 0 Å². The smallest absolute Gasteiger partial charge is 0.407 e. The van der Waals surface area contributed by atoms with Crippen molar-refractivity contribution in [2.75, 3.05) is 13.1 Å². The van der Waals surface area contributed by atoms with E-state index in [0.717, 1.165) is 24.3 Å². The molecule has 4 heterocycles. The third kappa shape index (κ3) is 4.03. The minimum atomic E-state index is -0.561. The van der Waals surface area contributed by atoms with Gasteiger partial charge in [-0.3, -0.25) is 4.79 Å². The minimum absolute atomic E-state index is 0.119. The van der Waals surface area contributed by atoms with E-state index in [4.69, 9.17) is 4.74 Å². The molecule has 8 nitrogen and oxygen atoms in total. The molecule has 1 aliphatic carbocycles. The van der Waals surface area contributed by atoms with Crippen molar-refractivity contribution in [3.05, 3.63) is 29.2 Å². The molecule has 2 amide bonds. The molecule has 3 fully saturated rings. The molecule has 0 spiro atoms. The summed E-state index contributed by atoms with van der Waals surface area (Å²) in [6.07, 6.45) is 5.61. The molecule has 2 saturated heterocycles. The number of hydrogen-bond acceptors (Lipinski definition) is 7. The Bertz CT molecular complexity index is 947. The molecule has 1 saturated carbocycles. The molecule has 2 bridgehead atoms. The summed E-state index contributed by atoms with van der Waals surface area (Å²) in [6, 6.07) is 1.75. The van der Waals surface area contributed by atoms with Gasteiger partial charge in [-0.05, 0) is 58.9 Å². The molecule has 2 aliphatic heterocycles. The number of piperidine rings is 2. The third-order valence-electron chi connectivity index (χ3n) is 5.58. The van der Waals surface area contributed by atoms with Crippen molar-refractivity contribution in [2.45, 2.75) is 58.1 Å². The molecule has 0 aromatic carbocycles. The van der Waals surface area contributed by atoms with Crippen molar-refractivity contribution >= 4 is 23.3 Å². The highest BCUT2D eigenvalue weighted by molar-refractivity contribution is 7.15. The summed E-state index contributed by atoms with van der Waals surface area (Å²) in [4.78, 5) is 41.5. The van der Waals surface area contributed by atoms with Crippen LogP contribution in [0.3, 0.4) is 0 Å². The molecule has 0 unspecified atom stereocenters. The topological polar surface area (TPSA) is 97.3 Å². The van der Waals surface area contributed by atoms with Crippen molar-refractivity contribution < 1.29 is 14.3 Å². The van der Waals surface area contributed by atoms with Crippen LogP contribution in [0.25, 0.3) is 10.7 Å². The van der Waals surface area contributed by atoms with Crippen LogP contribution in [0.4, 0.5) is 4.79 Å². The molecular weight excluding hydrogens is 402 g/mol. The maximum atomic E-state index is 13.6. The molecule has 2 aromatic rings. The number of alkyl carbamates (subject to hydrolysis) is 1. The van der Waals surface area contributed by atoms with Gasteiger partial charge < -0.3 is 15.0 Å². The van der Waals surface area contributed by atoms with Gasteiger partial charge in [-0.15, -0.1) is 11.3 Å². The van der Waals surface area contributed by atoms with E-state index in [0.29, 0.717) is 35.4 Å². The standard InChI is InChI=1S/C21H27N5O3S/c1-13-25-15(16(30-13)17-22-7-5-8-23-17)18(27)26-9-6-14-10-21(26,11-14)12-24-19(28)29-20(2,3)4/h5,7-8,14H,6,9-12H2,1-4H3,(H,24,28). The van der Waals surface area contributed by atoms with Gasteiger partial charge in [0, 0.05) is 25.5 Å². The second kappa shape index (κ2) is 7.61. The number of carbonyl (C=O) groups excluding carboxylic acids is 2. The fourth-order valence-corrected chi connectivity index (χ4v) is 5.22. The predicted octanol–water partition coefficient (Wildman–Crippen LogP) is 3.43. The second-order valence-electron chi connectivity index (χ2n) is 9.08. The number of amides is 2. The number of nitrogens with zero attached hydrogens (tertiary/aromatic N) is 4. The summed E-state index contributed by atoms with van der Waals surface area (Å²) in [5.41, 5.74) is -0.552. The molecule has 9 heteroatoms. The Kier molecular flexibility index (Phi) is 5.25. The van der Waals surface area contributed by atoms with Gasteiger partial charge in [0.25, 0.3) is 5.91 Å². The molecule has 30 heavy (non-hydrogen) atoms. The molecule has 3 aliphatic rings. The lowest BCUT2D eigenvalue weighted by molar-refractivity contribution is -0.0568. The molecule has 5 rings (SSSR count). The zero-order valence-corrected chi connectivity index (χ0v) is 18.6. The van der Waals surface area contributed by atoms with E-state index in [-0.39, 0.29) is 11.4 Å². The summed E-state index contributed by atoms with van der Waals surface area (Å²) in [7, 11) is 0. The Morgan fingerprint density at radius 2 is 2.00 bits per heavy atom. The first kappa shape index (κ1) is 20.7. The van der Waals surface area contributed by atoms with Crippen LogP contribution in [-0.4, -0.2) is 56.1 Å². The summed E-state index contributed by atoms with van der Waals surface area (Å²) >= 11 is 1.42. The molecule has 0 radical (unpaired) electrons. The monoisotopic (exact) mass is 429 g/mol. The van der Waals surface area contributed by atoms with Gasteiger partial charge in [-0.1, -0.05) is 0 Å². The maximum Gasteiger partial charge on any atom is 0.407 e. The first-order chi connectivity index (χ1) is 14.2. The molecular formula is C21H27N5O3S. The van der Waals surface area contributed by atoms with Gasteiger partial charge in [0.1, 0.15) is 10.5 Å². The Morgan fingerprint density at radius 1 is 1.30 bits per heavy atom. The summed E-state index contributed by atoms with van der Waals surface area (Å²) in [5, 5.41) is 3.67. The van der Waals surface area contributed by atoms with Crippen molar-refractivity contribution in [3.8, 4) is 10.7 Å². The normalized spacial score (nSPS) is 22.9. The zero-order valence-electron chi connectivity index (χ0n) is 17.8. The highest BCUT2D eigenvalue weighted by Crippen LogP contribution is 2.49. The van der Waals surface area contributed by atoms with Crippen molar-refractivity contribution in [3.63, 3.8) is 0 Å². The van der Waals surface area contributed by atoms with E-state index in [1.165, 1.54) is 11.3 Å². The van der Waals surface area contributed by atoms with E-state index in [2.05, 4.69) is 20.3 Å². The number of aromatic nitrogens is 3. The van der Waals surface area contributed by atoms with Crippen molar-refractivity contribution in [2.24, 2.45) is 5.92 Å². The number of carbonyl (C=O) groups is 2. The number of rotatable bonds is 4. The van der Waals surface area contributed by atoms with Gasteiger partial charge in [-0.25, -0.2) is 19.7 Å².